The van der Waals surface area contributed by atoms with Crippen LogP contribution in [0.1, 0.15) is 13.3 Å². The zero-order chi connectivity index (χ0) is 10.8. The van der Waals surface area contributed by atoms with E-state index in [0.29, 0.717) is 5.92 Å². The minimum absolute atomic E-state index is 0.0196. The van der Waals surface area contributed by atoms with Crippen molar-refractivity contribution in [1.29, 1.82) is 0 Å². The molecule has 0 amide bonds. The van der Waals surface area contributed by atoms with Gasteiger partial charge >= 0.3 is 0 Å². The Morgan fingerprint density at radius 2 is 2.00 bits per heavy atom. The molecule has 2 unspecified atom stereocenters. The maximum Gasteiger partial charge on any atom is 0.279 e. The summed E-state index contributed by atoms with van der Waals surface area (Å²) in [5, 5.41) is 3.20. The Balaban J connectivity index is 2.52. The van der Waals surface area contributed by atoms with Crippen LogP contribution in [0.4, 0.5) is 0 Å². The third kappa shape index (κ3) is 3.20. The van der Waals surface area contributed by atoms with Gasteiger partial charge in [0.15, 0.2) is 0 Å². The van der Waals surface area contributed by atoms with E-state index in [0.717, 1.165) is 19.5 Å². The topological polar surface area (TPSA) is 61.4 Å². The molecule has 0 aromatic rings. The molecule has 1 aliphatic heterocycles. The highest BCUT2D eigenvalue weighted by molar-refractivity contribution is 7.87. The third-order valence-corrected chi connectivity index (χ3v) is 3.96. The molecule has 0 aliphatic carbocycles. The molecule has 0 aromatic carbocycles. The van der Waals surface area contributed by atoms with Crippen molar-refractivity contribution in [1.82, 2.24) is 14.3 Å². The van der Waals surface area contributed by atoms with Crippen LogP contribution < -0.4 is 10.0 Å². The number of hydrogen-bond acceptors (Lipinski definition) is 3. The zero-order valence-corrected chi connectivity index (χ0v) is 9.76. The molecule has 0 aromatic heterocycles. The maximum absolute atomic E-state index is 11.5. The van der Waals surface area contributed by atoms with Crippen LogP contribution in [0.15, 0.2) is 0 Å². The lowest BCUT2D eigenvalue weighted by Crippen LogP contribution is -2.50. The van der Waals surface area contributed by atoms with Crippen LogP contribution in [-0.2, 0) is 10.2 Å². The Labute approximate surface area is 86.0 Å². The summed E-state index contributed by atoms with van der Waals surface area (Å²) in [6.07, 6.45) is 0.903. The first kappa shape index (κ1) is 11.9. The minimum atomic E-state index is -3.28. The Bertz CT molecular complexity index is 276. The van der Waals surface area contributed by atoms with Crippen molar-refractivity contribution in [3.63, 3.8) is 0 Å². The van der Waals surface area contributed by atoms with Crippen LogP contribution >= 0.6 is 0 Å². The minimum Gasteiger partial charge on any atom is -0.315 e. The van der Waals surface area contributed by atoms with E-state index in [1.807, 2.05) is 0 Å². The quantitative estimate of drug-likeness (QED) is 0.668. The SMILES string of the molecule is CC1CNCC(NS(=O)(=O)N(C)C)C1. The lowest BCUT2D eigenvalue weighted by Gasteiger charge is -2.29. The molecule has 1 heterocycles. The zero-order valence-electron chi connectivity index (χ0n) is 8.95. The number of hydrogen-bond donors (Lipinski definition) is 2. The van der Waals surface area contributed by atoms with Gasteiger partial charge in [-0.05, 0) is 18.9 Å². The van der Waals surface area contributed by atoms with Gasteiger partial charge in [0.25, 0.3) is 10.2 Å². The van der Waals surface area contributed by atoms with Crippen molar-refractivity contribution in [2.75, 3.05) is 27.2 Å². The van der Waals surface area contributed by atoms with Crippen LogP contribution in [0.25, 0.3) is 0 Å². The molecule has 1 rings (SSSR count). The van der Waals surface area contributed by atoms with E-state index in [1.54, 1.807) is 0 Å². The largest absolute Gasteiger partial charge is 0.315 e. The average molecular weight is 221 g/mol. The van der Waals surface area contributed by atoms with Crippen LogP contribution in [0, 0.1) is 5.92 Å². The lowest BCUT2D eigenvalue weighted by atomic mass is 9.99. The first-order chi connectivity index (χ1) is 6.42. The summed E-state index contributed by atoms with van der Waals surface area (Å²) in [4.78, 5) is 0. The van der Waals surface area contributed by atoms with Crippen molar-refractivity contribution in [3.05, 3.63) is 0 Å². The fourth-order valence-corrected chi connectivity index (χ4v) is 2.37. The summed E-state index contributed by atoms with van der Waals surface area (Å²) < 4.78 is 26.8. The summed E-state index contributed by atoms with van der Waals surface area (Å²) >= 11 is 0. The smallest absolute Gasteiger partial charge is 0.279 e. The van der Waals surface area contributed by atoms with E-state index in [-0.39, 0.29) is 6.04 Å². The molecule has 1 aliphatic rings. The van der Waals surface area contributed by atoms with Gasteiger partial charge in [0.05, 0.1) is 0 Å². The van der Waals surface area contributed by atoms with Crippen molar-refractivity contribution in [2.24, 2.45) is 5.92 Å². The second-order valence-electron chi connectivity index (χ2n) is 4.10. The van der Waals surface area contributed by atoms with Crippen molar-refractivity contribution >= 4 is 10.2 Å². The summed E-state index contributed by atoms with van der Waals surface area (Å²) in [6, 6.07) is 0.0196. The fourth-order valence-electron chi connectivity index (χ4n) is 1.56. The second kappa shape index (κ2) is 4.57. The average Bonchev–Trinajstić information content (AvgIpc) is 2.02. The van der Waals surface area contributed by atoms with Gasteiger partial charge < -0.3 is 5.32 Å². The maximum atomic E-state index is 11.5. The molecular formula is C8H19N3O2S. The summed E-state index contributed by atoms with van der Waals surface area (Å²) in [5.41, 5.74) is 0. The summed E-state index contributed by atoms with van der Waals surface area (Å²) in [7, 11) is -0.218. The first-order valence-corrected chi connectivity index (χ1v) is 6.26. The molecule has 0 spiro atoms. The van der Waals surface area contributed by atoms with E-state index in [2.05, 4.69) is 17.0 Å². The van der Waals surface area contributed by atoms with E-state index in [4.69, 9.17) is 0 Å². The van der Waals surface area contributed by atoms with Gasteiger partial charge in [0.2, 0.25) is 0 Å². The van der Waals surface area contributed by atoms with Crippen LogP contribution in [-0.4, -0.2) is 45.9 Å². The van der Waals surface area contributed by atoms with E-state index < -0.39 is 10.2 Å². The van der Waals surface area contributed by atoms with Crippen molar-refractivity contribution in [3.8, 4) is 0 Å². The normalized spacial score (nSPS) is 29.4. The molecule has 14 heavy (non-hydrogen) atoms. The van der Waals surface area contributed by atoms with Gasteiger partial charge in [-0.25, -0.2) is 0 Å². The fraction of sp³-hybridized carbons (Fsp3) is 1.00. The predicted octanol–water partition coefficient (Wildman–Crippen LogP) is -0.620. The molecule has 2 atom stereocenters. The monoisotopic (exact) mass is 221 g/mol. The van der Waals surface area contributed by atoms with Gasteiger partial charge in [0, 0.05) is 26.7 Å². The number of rotatable bonds is 3. The summed E-state index contributed by atoms with van der Waals surface area (Å²) in [5.74, 6) is 0.526. The molecule has 5 nitrogen and oxygen atoms in total. The van der Waals surface area contributed by atoms with E-state index in [1.165, 1.54) is 18.4 Å². The predicted molar refractivity (Wildman–Crippen MR) is 56.2 cm³/mol. The molecule has 2 N–H and O–H groups in total. The standard InChI is InChI=1S/C8H19N3O2S/c1-7-4-8(6-9-5-7)10-14(12,13)11(2)3/h7-10H,4-6H2,1-3H3. The Kier molecular flexibility index (Phi) is 3.88. The molecule has 1 fully saturated rings. The van der Waals surface area contributed by atoms with E-state index in [9.17, 15) is 8.42 Å². The highest BCUT2D eigenvalue weighted by atomic mass is 32.2. The Morgan fingerprint density at radius 3 is 2.50 bits per heavy atom. The van der Waals surface area contributed by atoms with Crippen molar-refractivity contribution in [2.45, 2.75) is 19.4 Å². The molecule has 1 saturated heterocycles. The molecule has 0 bridgehead atoms. The first-order valence-electron chi connectivity index (χ1n) is 4.82. The lowest BCUT2D eigenvalue weighted by molar-refractivity contribution is 0.341. The number of piperidine rings is 1. The molecule has 0 radical (unpaired) electrons. The molecule has 6 heteroatoms. The molecule has 84 valence electrons. The van der Waals surface area contributed by atoms with Crippen molar-refractivity contribution < 1.29 is 8.42 Å². The molecule has 0 saturated carbocycles. The van der Waals surface area contributed by atoms with Gasteiger partial charge in [-0.15, -0.1) is 0 Å². The molecular weight excluding hydrogens is 202 g/mol. The number of nitrogens with zero attached hydrogens (tertiary/aromatic N) is 1. The second-order valence-corrected chi connectivity index (χ2v) is 6.02. The Morgan fingerprint density at radius 1 is 1.36 bits per heavy atom. The van der Waals surface area contributed by atoms with Gasteiger partial charge in [-0.2, -0.15) is 17.4 Å². The van der Waals surface area contributed by atoms with Gasteiger partial charge in [0.1, 0.15) is 0 Å². The number of nitrogens with one attached hydrogen (secondary N) is 2. The van der Waals surface area contributed by atoms with Crippen LogP contribution in [0.3, 0.4) is 0 Å². The van der Waals surface area contributed by atoms with Gasteiger partial charge in [-0.1, -0.05) is 6.92 Å². The van der Waals surface area contributed by atoms with Crippen LogP contribution in [0.2, 0.25) is 0 Å². The third-order valence-electron chi connectivity index (χ3n) is 2.37. The van der Waals surface area contributed by atoms with Crippen LogP contribution in [0.5, 0.6) is 0 Å². The summed E-state index contributed by atoms with van der Waals surface area (Å²) in [6.45, 7) is 3.81. The van der Waals surface area contributed by atoms with Gasteiger partial charge in [-0.3, -0.25) is 0 Å². The highest BCUT2D eigenvalue weighted by Gasteiger charge is 2.24. The Hall–Kier alpha value is -0.170. The highest BCUT2D eigenvalue weighted by Crippen LogP contribution is 2.10. The van der Waals surface area contributed by atoms with E-state index >= 15 is 0 Å².